The summed E-state index contributed by atoms with van der Waals surface area (Å²) in [6.07, 6.45) is 26.6. The number of aliphatic hydroxyl groups is 1. The van der Waals surface area contributed by atoms with E-state index in [0.717, 1.165) is 19.3 Å². The SMILES string of the molecule is CCCCCCCCCCCCCCCCC1(O)CC=CC1. The zero-order valence-corrected chi connectivity index (χ0v) is 15.1. The molecule has 0 atom stereocenters. The molecule has 0 unspecified atom stereocenters. The van der Waals surface area contributed by atoms with E-state index >= 15 is 0 Å². The van der Waals surface area contributed by atoms with Crippen molar-refractivity contribution in [3.8, 4) is 0 Å². The molecule has 0 aromatic carbocycles. The van der Waals surface area contributed by atoms with Gasteiger partial charge in [-0.15, -0.1) is 0 Å². The van der Waals surface area contributed by atoms with Gasteiger partial charge in [-0.1, -0.05) is 109 Å². The highest BCUT2D eigenvalue weighted by Crippen LogP contribution is 2.29. The summed E-state index contributed by atoms with van der Waals surface area (Å²) in [5.41, 5.74) is -0.378. The van der Waals surface area contributed by atoms with Crippen LogP contribution in [0.5, 0.6) is 0 Å². The molecule has 1 aliphatic rings. The summed E-state index contributed by atoms with van der Waals surface area (Å²) in [4.78, 5) is 0. The van der Waals surface area contributed by atoms with E-state index in [0.29, 0.717) is 0 Å². The van der Waals surface area contributed by atoms with Crippen LogP contribution in [0.1, 0.15) is 116 Å². The Kier molecular flexibility index (Phi) is 11.8. The topological polar surface area (TPSA) is 20.2 Å². The minimum Gasteiger partial charge on any atom is -0.389 e. The lowest BCUT2D eigenvalue weighted by molar-refractivity contribution is 0.0421. The van der Waals surface area contributed by atoms with Crippen molar-refractivity contribution in [1.82, 2.24) is 0 Å². The van der Waals surface area contributed by atoms with Gasteiger partial charge >= 0.3 is 0 Å². The van der Waals surface area contributed by atoms with Crippen LogP contribution in [-0.4, -0.2) is 10.7 Å². The quantitative estimate of drug-likeness (QED) is 0.256. The monoisotopic (exact) mass is 308 g/mol. The van der Waals surface area contributed by atoms with Gasteiger partial charge in [-0.2, -0.15) is 0 Å². The molecule has 1 aliphatic carbocycles. The summed E-state index contributed by atoms with van der Waals surface area (Å²) in [6.45, 7) is 2.29. The number of unbranched alkanes of at least 4 members (excludes halogenated alkanes) is 13. The summed E-state index contributed by atoms with van der Waals surface area (Å²) in [5, 5.41) is 10.2. The lowest BCUT2D eigenvalue weighted by Gasteiger charge is -2.21. The molecule has 0 amide bonds. The van der Waals surface area contributed by atoms with E-state index in [2.05, 4.69) is 19.1 Å². The second-order valence-electron chi connectivity index (χ2n) is 7.45. The van der Waals surface area contributed by atoms with Crippen LogP contribution >= 0.6 is 0 Å². The number of hydrogen-bond acceptors (Lipinski definition) is 1. The van der Waals surface area contributed by atoms with Crippen molar-refractivity contribution < 1.29 is 5.11 Å². The van der Waals surface area contributed by atoms with E-state index in [1.54, 1.807) is 0 Å². The van der Waals surface area contributed by atoms with E-state index in [4.69, 9.17) is 0 Å². The Morgan fingerprint density at radius 2 is 1.00 bits per heavy atom. The van der Waals surface area contributed by atoms with Crippen molar-refractivity contribution in [3.05, 3.63) is 12.2 Å². The largest absolute Gasteiger partial charge is 0.389 e. The van der Waals surface area contributed by atoms with Gasteiger partial charge in [0.15, 0.2) is 0 Å². The highest BCUT2D eigenvalue weighted by atomic mass is 16.3. The molecule has 1 rings (SSSR count). The third-order valence-corrected chi connectivity index (χ3v) is 5.16. The molecule has 0 aromatic rings. The van der Waals surface area contributed by atoms with Crippen molar-refractivity contribution in [1.29, 1.82) is 0 Å². The van der Waals surface area contributed by atoms with Crippen LogP contribution in [0.25, 0.3) is 0 Å². The van der Waals surface area contributed by atoms with Crippen LogP contribution < -0.4 is 0 Å². The van der Waals surface area contributed by atoms with Gasteiger partial charge in [0.1, 0.15) is 0 Å². The Hall–Kier alpha value is -0.300. The number of rotatable bonds is 15. The highest BCUT2D eigenvalue weighted by molar-refractivity contribution is 5.03. The minimum absolute atomic E-state index is 0.378. The molecule has 0 saturated heterocycles. The van der Waals surface area contributed by atoms with Crippen molar-refractivity contribution in [3.63, 3.8) is 0 Å². The van der Waals surface area contributed by atoms with E-state index in [1.165, 1.54) is 89.9 Å². The maximum atomic E-state index is 10.2. The fourth-order valence-electron chi connectivity index (χ4n) is 3.54. The summed E-state index contributed by atoms with van der Waals surface area (Å²) in [6, 6.07) is 0. The summed E-state index contributed by atoms with van der Waals surface area (Å²) < 4.78 is 0. The fraction of sp³-hybridized carbons (Fsp3) is 0.905. The number of hydrogen-bond donors (Lipinski definition) is 1. The first kappa shape index (κ1) is 19.7. The van der Waals surface area contributed by atoms with Gasteiger partial charge in [0.25, 0.3) is 0 Å². The molecule has 0 radical (unpaired) electrons. The molecule has 0 bridgehead atoms. The summed E-state index contributed by atoms with van der Waals surface area (Å²) in [7, 11) is 0. The fourth-order valence-corrected chi connectivity index (χ4v) is 3.54. The molecule has 1 N–H and O–H groups in total. The molecule has 22 heavy (non-hydrogen) atoms. The van der Waals surface area contributed by atoms with Crippen LogP contribution in [0.15, 0.2) is 12.2 Å². The van der Waals surface area contributed by atoms with E-state index < -0.39 is 0 Å². The van der Waals surface area contributed by atoms with E-state index in [-0.39, 0.29) is 5.60 Å². The van der Waals surface area contributed by atoms with Crippen LogP contribution in [0.3, 0.4) is 0 Å². The Balaban J connectivity index is 1.71. The van der Waals surface area contributed by atoms with Gasteiger partial charge < -0.3 is 5.11 Å². The first-order valence-electron chi connectivity index (χ1n) is 10.1. The van der Waals surface area contributed by atoms with Gasteiger partial charge in [0.05, 0.1) is 5.60 Å². The third-order valence-electron chi connectivity index (χ3n) is 5.16. The van der Waals surface area contributed by atoms with Crippen molar-refractivity contribution in [2.45, 2.75) is 122 Å². The smallest absolute Gasteiger partial charge is 0.0716 e. The zero-order valence-electron chi connectivity index (χ0n) is 15.1. The molecule has 0 saturated carbocycles. The predicted octanol–water partition coefficient (Wildman–Crippen LogP) is 6.94. The highest BCUT2D eigenvalue weighted by Gasteiger charge is 2.26. The van der Waals surface area contributed by atoms with Crippen molar-refractivity contribution in [2.75, 3.05) is 0 Å². The van der Waals surface area contributed by atoms with Crippen molar-refractivity contribution in [2.24, 2.45) is 0 Å². The zero-order chi connectivity index (χ0) is 15.9. The molecule has 1 nitrogen and oxygen atoms in total. The summed E-state index contributed by atoms with van der Waals surface area (Å²) >= 11 is 0. The van der Waals surface area contributed by atoms with Crippen molar-refractivity contribution >= 4 is 0 Å². The predicted molar refractivity (Wildman–Crippen MR) is 98.3 cm³/mol. The van der Waals surface area contributed by atoms with Gasteiger partial charge in [0, 0.05) is 0 Å². The molecule has 1 heteroatoms. The van der Waals surface area contributed by atoms with Crippen LogP contribution in [0, 0.1) is 0 Å². The van der Waals surface area contributed by atoms with Crippen LogP contribution in [0.2, 0.25) is 0 Å². The molecular formula is C21H40O. The van der Waals surface area contributed by atoms with E-state index in [1.807, 2.05) is 0 Å². The molecule has 0 spiro atoms. The molecule has 130 valence electrons. The second-order valence-corrected chi connectivity index (χ2v) is 7.45. The molecule has 0 heterocycles. The van der Waals surface area contributed by atoms with Crippen LogP contribution in [0.4, 0.5) is 0 Å². The van der Waals surface area contributed by atoms with Gasteiger partial charge in [-0.05, 0) is 19.3 Å². The van der Waals surface area contributed by atoms with Gasteiger partial charge in [0.2, 0.25) is 0 Å². The maximum absolute atomic E-state index is 10.2. The minimum atomic E-state index is -0.378. The van der Waals surface area contributed by atoms with Gasteiger partial charge in [-0.3, -0.25) is 0 Å². The molecule has 0 aromatic heterocycles. The lowest BCUT2D eigenvalue weighted by Crippen LogP contribution is -2.23. The average Bonchev–Trinajstić information content (AvgIpc) is 2.94. The normalized spacial score (nSPS) is 16.5. The Labute approximate surface area is 139 Å². The standard InChI is InChI=1S/C21H40O/c1-2-3-4-5-6-7-8-9-10-11-12-13-14-15-18-21(22)19-16-17-20-21/h16-17,22H,2-15,18-20H2,1H3. The lowest BCUT2D eigenvalue weighted by atomic mass is 9.93. The maximum Gasteiger partial charge on any atom is 0.0716 e. The molecule has 0 fully saturated rings. The van der Waals surface area contributed by atoms with E-state index in [9.17, 15) is 5.11 Å². The Bertz CT molecular complexity index is 261. The Morgan fingerprint density at radius 3 is 1.41 bits per heavy atom. The first-order valence-corrected chi connectivity index (χ1v) is 10.1. The van der Waals surface area contributed by atoms with Crippen LogP contribution in [-0.2, 0) is 0 Å². The Morgan fingerprint density at radius 1 is 0.636 bits per heavy atom. The summed E-state index contributed by atoms with van der Waals surface area (Å²) in [5.74, 6) is 0. The average molecular weight is 309 g/mol. The molecular weight excluding hydrogens is 268 g/mol. The first-order chi connectivity index (χ1) is 10.8. The third kappa shape index (κ3) is 10.4. The van der Waals surface area contributed by atoms with Gasteiger partial charge in [-0.25, -0.2) is 0 Å². The molecule has 0 aliphatic heterocycles. The second kappa shape index (κ2) is 13.2.